The number of carbonyl (C=O) groups excluding carboxylic acids is 1. The summed E-state index contributed by atoms with van der Waals surface area (Å²) in [6.07, 6.45) is 4.83. The van der Waals surface area contributed by atoms with E-state index >= 15 is 0 Å². The van der Waals surface area contributed by atoms with E-state index in [0.29, 0.717) is 4.98 Å². The van der Waals surface area contributed by atoms with Gasteiger partial charge in [-0.15, -0.1) is 10.9 Å². The molecule has 0 atom stereocenters. The second-order valence-corrected chi connectivity index (χ2v) is 3.81. The minimum absolute atomic E-state index is 0.124. The minimum atomic E-state index is -0.550. The molecule has 5 nitrogen and oxygen atoms in total. The van der Waals surface area contributed by atoms with Crippen molar-refractivity contribution in [3.8, 4) is 0 Å². The number of rotatable bonds is 0. The molecule has 0 unspecified atom stereocenters. The molecule has 1 saturated heterocycles. The number of Topliss-reactive ketones (excluding diaryl/α,β-unsaturated/α-hetero) is 1. The lowest BCUT2D eigenvalue weighted by Gasteiger charge is -2.33. The maximum absolute atomic E-state index is 11.6. The van der Waals surface area contributed by atoms with Gasteiger partial charge in [0.2, 0.25) is 4.98 Å². The average Bonchev–Trinajstić information content (AvgIpc) is 2.14. The molecule has 1 spiro atoms. The van der Waals surface area contributed by atoms with Crippen LogP contribution in [0.4, 0.5) is 0 Å². The van der Waals surface area contributed by atoms with E-state index in [2.05, 4.69) is 10.9 Å². The summed E-state index contributed by atoms with van der Waals surface area (Å²) < 4.78 is 0. The maximum atomic E-state index is 11.6. The largest absolute Gasteiger partial charge is 0.295 e. The van der Waals surface area contributed by atoms with Crippen molar-refractivity contribution < 1.29 is 9.77 Å². The first kappa shape index (κ1) is 8.47. The molecule has 0 aromatic heterocycles. The highest BCUT2D eigenvalue weighted by Crippen LogP contribution is 2.29. The number of ketones is 1. The summed E-state index contributed by atoms with van der Waals surface area (Å²) in [6, 6.07) is 0. The summed E-state index contributed by atoms with van der Waals surface area (Å²) in [6.45, 7) is 0.163. The molecule has 1 aliphatic heterocycles. The van der Waals surface area contributed by atoms with Crippen molar-refractivity contribution in [3.63, 3.8) is 0 Å². The third-order valence-corrected chi connectivity index (χ3v) is 2.94. The van der Waals surface area contributed by atoms with Crippen molar-refractivity contribution in [1.29, 1.82) is 0 Å². The van der Waals surface area contributed by atoms with E-state index in [4.69, 9.17) is 0 Å². The number of hydrazine groups is 2. The lowest BCUT2D eigenvalue weighted by atomic mass is 9.79. The van der Waals surface area contributed by atoms with Crippen molar-refractivity contribution in [2.75, 3.05) is 6.54 Å². The summed E-state index contributed by atoms with van der Waals surface area (Å²) >= 11 is 0. The van der Waals surface area contributed by atoms with Crippen LogP contribution in [0.3, 0.4) is 0 Å². The first-order valence-electron chi connectivity index (χ1n) is 4.75. The van der Waals surface area contributed by atoms with E-state index in [0.717, 1.165) is 25.7 Å². The first-order chi connectivity index (χ1) is 6.23. The Hall–Kier alpha value is -1.13. The van der Waals surface area contributed by atoms with Crippen LogP contribution in [-0.4, -0.2) is 22.8 Å². The fourth-order valence-corrected chi connectivity index (χ4v) is 2.16. The molecule has 13 heavy (non-hydrogen) atoms. The van der Waals surface area contributed by atoms with Crippen LogP contribution in [-0.2, 0) is 4.79 Å². The number of nitroso groups, excluding NO2 is 1. The highest BCUT2D eigenvalue weighted by atomic mass is 16.4. The predicted octanol–water partition coefficient (Wildman–Crippen LogP) is 0.0601. The molecule has 0 radical (unpaired) electrons. The van der Waals surface area contributed by atoms with E-state index < -0.39 is 5.54 Å². The number of carbonyl (C=O) groups is 1. The zero-order chi connectivity index (χ0) is 9.31. The molecule has 2 aliphatic rings. The van der Waals surface area contributed by atoms with Crippen LogP contribution >= 0.6 is 0 Å². The molecular weight excluding hydrogens is 170 g/mol. The van der Waals surface area contributed by atoms with E-state index in [-0.39, 0.29) is 12.3 Å². The van der Waals surface area contributed by atoms with Crippen molar-refractivity contribution in [1.82, 2.24) is 10.9 Å². The Bertz CT molecular complexity index is 246. The van der Waals surface area contributed by atoms with E-state index in [1.807, 2.05) is 0 Å². The molecule has 0 amide bonds. The minimum Gasteiger partial charge on any atom is -0.295 e. The number of nitrogens with zero attached hydrogens (tertiary/aromatic N) is 1. The van der Waals surface area contributed by atoms with Crippen molar-refractivity contribution in [2.24, 2.45) is 0 Å². The normalized spacial score (nSPS) is 26.8. The predicted molar refractivity (Wildman–Crippen MR) is 45.6 cm³/mol. The van der Waals surface area contributed by atoms with Gasteiger partial charge in [0.1, 0.15) is 6.54 Å². The van der Waals surface area contributed by atoms with Crippen LogP contribution in [0.15, 0.2) is 0 Å². The third kappa shape index (κ3) is 1.38. The molecule has 2 rings (SSSR count). The van der Waals surface area contributed by atoms with Gasteiger partial charge in [-0.2, -0.15) is 0 Å². The molecule has 0 aromatic rings. The van der Waals surface area contributed by atoms with Gasteiger partial charge in [-0.25, -0.2) is 0 Å². The molecule has 1 aliphatic carbocycles. The molecule has 1 saturated carbocycles. The van der Waals surface area contributed by atoms with Gasteiger partial charge in [0.25, 0.3) is 0 Å². The molecular formula is C8H14N3O2+. The lowest BCUT2D eigenvalue weighted by molar-refractivity contribution is -0.674. The van der Waals surface area contributed by atoms with Crippen molar-refractivity contribution in [3.05, 3.63) is 4.91 Å². The Balaban J connectivity index is 2.16. The smallest absolute Gasteiger partial charge is 0.247 e. The summed E-state index contributed by atoms with van der Waals surface area (Å²) in [5, 5.41) is 0. The van der Waals surface area contributed by atoms with Gasteiger partial charge in [-0.05, 0) is 12.8 Å². The summed E-state index contributed by atoms with van der Waals surface area (Å²) in [7, 11) is 0. The Labute approximate surface area is 76.4 Å². The van der Waals surface area contributed by atoms with E-state index in [9.17, 15) is 9.70 Å². The van der Waals surface area contributed by atoms with Gasteiger partial charge >= 0.3 is 0 Å². The molecule has 0 bridgehead atoms. The molecule has 1 heterocycles. The maximum Gasteiger partial charge on any atom is 0.247 e. The quantitative estimate of drug-likeness (QED) is 0.523. The van der Waals surface area contributed by atoms with Gasteiger partial charge in [0.15, 0.2) is 11.3 Å². The monoisotopic (exact) mass is 184 g/mol. The van der Waals surface area contributed by atoms with Crippen LogP contribution in [0.1, 0.15) is 32.1 Å². The Morgan fingerprint density at radius 1 is 1.23 bits per heavy atom. The Morgan fingerprint density at radius 2 is 1.92 bits per heavy atom. The molecule has 2 fully saturated rings. The van der Waals surface area contributed by atoms with E-state index in [1.54, 1.807) is 0 Å². The highest BCUT2D eigenvalue weighted by Gasteiger charge is 2.47. The third-order valence-electron chi connectivity index (χ3n) is 2.94. The standard InChI is InChI=1S/C8H14N3O2/c12-7-6-9-11(13)10-8(7)4-2-1-3-5-8/h1-6H2,(H2,9,10,13)/q+1. The van der Waals surface area contributed by atoms with Gasteiger partial charge in [0, 0.05) is 0 Å². The van der Waals surface area contributed by atoms with Crippen molar-refractivity contribution >= 4 is 5.78 Å². The summed E-state index contributed by atoms with van der Waals surface area (Å²) in [4.78, 5) is 23.2. The second kappa shape index (κ2) is 2.97. The number of nitrogens with one attached hydrogen (secondary N) is 2. The van der Waals surface area contributed by atoms with E-state index in [1.165, 1.54) is 6.42 Å². The van der Waals surface area contributed by atoms with Gasteiger partial charge in [-0.3, -0.25) is 4.79 Å². The van der Waals surface area contributed by atoms with Crippen LogP contribution in [0.2, 0.25) is 0 Å². The van der Waals surface area contributed by atoms with Gasteiger partial charge in [-0.1, -0.05) is 19.3 Å². The number of hydrogen-bond acceptors (Lipinski definition) is 2. The van der Waals surface area contributed by atoms with Gasteiger partial charge < -0.3 is 0 Å². The molecule has 2 N–H and O–H groups in total. The highest BCUT2D eigenvalue weighted by molar-refractivity contribution is 5.90. The SMILES string of the molecule is O=C1CN[N+](=O)NC12CCCCC2. The zero-order valence-corrected chi connectivity index (χ0v) is 7.51. The molecule has 0 aromatic carbocycles. The van der Waals surface area contributed by atoms with Crippen molar-refractivity contribution in [2.45, 2.75) is 37.6 Å². The summed E-state index contributed by atoms with van der Waals surface area (Å²) in [5.41, 5.74) is 4.57. The lowest BCUT2D eigenvalue weighted by Crippen LogP contribution is -2.66. The topological polar surface area (TPSA) is 61.2 Å². The zero-order valence-electron chi connectivity index (χ0n) is 7.51. The van der Waals surface area contributed by atoms with Crippen LogP contribution in [0, 0.1) is 4.91 Å². The average molecular weight is 184 g/mol. The Morgan fingerprint density at radius 3 is 2.62 bits per heavy atom. The van der Waals surface area contributed by atoms with Crippen LogP contribution in [0.25, 0.3) is 0 Å². The van der Waals surface area contributed by atoms with Crippen LogP contribution < -0.4 is 10.9 Å². The summed E-state index contributed by atoms with van der Waals surface area (Å²) in [5.74, 6) is 0.124. The number of hydrogen-bond donors (Lipinski definition) is 2. The Kier molecular flexibility index (Phi) is 1.94. The first-order valence-corrected chi connectivity index (χ1v) is 4.75. The van der Waals surface area contributed by atoms with Gasteiger partial charge in [0.05, 0.1) is 4.91 Å². The molecule has 72 valence electrons. The molecule has 5 heteroatoms. The van der Waals surface area contributed by atoms with Crippen LogP contribution in [0.5, 0.6) is 0 Å². The second-order valence-electron chi connectivity index (χ2n) is 3.81. The fraction of sp³-hybridized carbons (Fsp3) is 0.875. The fourth-order valence-electron chi connectivity index (χ4n) is 2.16.